The van der Waals surface area contributed by atoms with Gasteiger partial charge in [0.15, 0.2) is 11.6 Å². The quantitative estimate of drug-likeness (QED) is 0.313. The van der Waals surface area contributed by atoms with Crippen molar-refractivity contribution >= 4 is 50.0 Å². The van der Waals surface area contributed by atoms with Gasteiger partial charge in [0.25, 0.3) is 10.0 Å². The van der Waals surface area contributed by atoms with Gasteiger partial charge in [0, 0.05) is 36.5 Å². The van der Waals surface area contributed by atoms with Crippen LogP contribution < -0.4 is 20.1 Å². The Kier molecular flexibility index (Phi) is 6.19. The van der Waals surface area contributed by atoms with E-state index in [0.29, 0.717) is 28.2 Å². The molecule has 1 amide bonds. The number of ether oxygens (including phenoxy) is 1. The lowest BCUT2D eigenvalue weighted by Gasteiger charge is -2.15. The number of para-hydroxylation sites is 2. The van der Waals surface area contributed by atoms with Gasteiger partial charge in [-0.15, -0.1) is 0 Å². The molecule has 0 saturated carbocycles. The van der Waals surface area contributed by atoms with Crippen LogP contribution in [0.1, 0.15) is 6.92 Å². The predicted octanol–water partition coefficient (Wildman–Crippen LogP) is 3.85. The summed E-state index contributed by atoms with van der Waals surface area (Å²) in [6.45, 7) is 1.33. The van der Waals surface area contributed by atoms with Crippen molar-refractivity contribution in [2.75, 3.05) is 22.5 Å². The number of fused-ring (bicyclic) bond motifs is 1. The molecule has 3 aromatic carbocycles. The second-order valence-electron chi connectivity index (χ2n) is 7.27. The minimum Gasteiger partial charge on any atom is -0.508 e. The number of phenols is 1. The summed E-state index contributed by atoms with van der Waals surface area (Å²) in [7, 11) is -2.63. The molecule has 0 aliphatic rings. The Balaban J connectivity index is 1.75. The van der Waals surface area contributed by atoms with Gasteiger partial charge in [-0.3, -0.25) is 9.52 Å². The molecule has 1 aromatic heterocycles. The number of benzene rings is 3. The van der Waals surface area contributed by atoms with E-state index in [4.69, 9.17) is 4.74 Å². The van der Waals surface area contributed by atoms with Crippen molar-refractivity contribution in [3.63, 3.8) is 0 Å². The van der Waals surface area contributed by atoms with Gasteiger partial charge >= 0.3 is 0 Å². The minimum absolute atomic E-state index is 0.0486. The maximum Gasteiger partial charge on any atom is 0.263 e. The third-order valence-electron chi connectivity index (χ3n) is 4.66. The van der Waals surface area contributed by atoms with Crippen molar-refractivity contribution < 1.29 is 23.1 Å². The van der Waals surface area contributed by atoms with Crippen molar-refractivity contribution in [1.29, 1.82) is 0 Å². The van der Waals surface area contributed by atoms with Gasteiger partial charge in [-0.1, -0.05) is 18.2 Å². The highest BCUT2D eigenvalue weighted by Crippen LogP contribution is 2.31. The maximum absolute atomic E-state index is 13.2. The van der Waals surface area contributed by atoms with Crippen molar-refractivity contribution in [1.82, 2.24) is 9.97 Å². The summed E-state index contributed by atoms with van der Waals surface area (Å²) in [5.41, 5.74) is 1.76. The second kappa shape index (κ2) is 9.24. The van der Waals surface area contributed by atoms with Crippen LogP contribution in [0.5, 0.6) is 11.5 Å². The molecule has 0 unspecified atom stereocenters. The lowest BCUT2D eigenvalue weighted by Crippen LogP contribution is -2.16. The molecular formula is C23H21N5O5S. The van der Waals surface area contributed by atoms with Crippen LogP contribution in [0.15, 0.2) is 71.6 Å². The van der Waals surface area contributed by atoms with Gasteiger partial charge in [0.2, 0.25) is 5.91 Å². The number of carbonyl (C=O) groups is 1. The fourth-order valence-electron chi connectivity index (χ4n) is 3.20. The lowest BCUT2D eigenvalue weighted by atomic mass is 10.2. The molecule has 0 atom stereocenters. The third-order valence-corrected chi connectivity index (χ3v) is 5.99. The van der Waals surface area contributed by atoms with E-state index >= 15 is 0 Å². The molecule has 0 bridgehead atoms. The number of hydrogen-bond donors (Lipinski definition) is 4. The molecular weight excluding hydrogens is 458 g/mol. The van der Waals surface area contributed by atoms with E-state index in [9.17, 15) is 18.3 Å². The first kappa shape index (κ1) is 22.8. The van der Waals surface area contributed by atoms with Gasteiger partial charge < -0.3 is 20.5 Å². The Morgan fingerprint density at radius 1 is 0.912 bits per heavy atom. The van der Waals surface area contributed by atoms with Gasteiger partial charge in [-0.2, -0.15) is 0 Å². The summed E-state index contributed by atoms with van der Waals surface area (Å²) < 4.78 is 34.0. The Hall–Kier alpha value is -4.38. The zero-order valence-corrected chi connectivity index (χ0v) is 19.1. The average molecular weight is 480 g/mol. The summed E-state index contributed by atoms with van der Waals surface area (Å²) >= 11 is 0. The lowest BCUT2D eigenvalue weighted by molar-refractivity contribution is -0.114. The van der Waals surface area contributed by atoms with Gasteiger partial charge in [-0.25, -0.2) is 18.4 Å². The minimum atomic E-state index is -4.09. The van der Waals surface area contributed by atoms with E-state index in [1.165, 1.54) is 44.4 Å². The van der Waals surface area contributed by atoms with Crippen molar-refractivity contribution in [3.8, 4) is 11.5 Å². The van der Waals surface area contributed by atoms with Gasteiger partial charge in [0.05, 0.1) is 23.0 Å². The third kappa shape index (κ3) is 5.15. The molecule has 0 saturated heterocycles. The van der Waals surface area contributed by atoms with Crippen molar-refractivity contribution in [2.24, 2.45) is 0 Å². The number of carbonyl (C=O) groups excluding carboxylic acids is 1. The summed E-state index contributed by atoms with van der Waals surface area (Å²) in [6.07, 6.45) is 0. The number of nitrogens with zero attached hydrogens (tertiary/aromatic N) is 2. The van der Waals surface area contributed by atoms with E-state index in [2.05, 4.69) is 25.3 Å². The first-order valence-corrected chi connectivity index (χ1v) is 11.5. The Morgan fingerprint density at radius 3 is 2.29 bits per heavy atom. The first-order valence-electron chi connectivity index (χ1n) is 10.1. The molecule has 0 aliphatic heterocycles. The van der Waals surface area contributed by atoms with Crippen LogP contribution in [0.4, 0.5) is 23.0 Å². The summed E-state index contributed by atoms with van der Waals surface area (Å²) in [5.74, 6) is 0.0931. The van der Waals surface area contributed by atoms with E-state index in [1.807, 2.05) is 0 Å². The predicted molar refractivity (Wildman–Crippen MR) is 129 cm³/mol. The van der Waals surface area contributed by atoms with Crippen LogP contribution in [-0.2, 0) is 14.8 Å². The number of amides is 1. The zero-order valence-electron chi connectivity index (χ0n) is 18.2. The van der Waals surface area contributed by atoms with Gasteiger partial charge in [0.1, 0.15) is 11.5 Å². The van der Waals surface area contributed by atoms with Crippen LogP contribution in [-0.4, -0.2) is 36.5 Å². The van der Waals surface area contributed by atoms with E-state index in [1.54, 1.807) is 36.4 Å². The Labute approximate surface area is 195 Å². The number of nitrogens with one attached hydrogen (secondary N) is 3. The van der Waals surface area contributed by atoms with Crippen LogP contribution in [0.25, 0.3) is 11.0 Å². The van der Waals surface area contributed by atoms with E-state index in [0.717, 1.165) is 0 Å². The molecule has 4 aromatic rings. The molecule has 0 spiro atoms. The highest BCUT2D eigenvalue weighted by atomic mass is 32.2. The van der Waals surface area contributed by atoms with E-state index in [-0.39, 0.29) is 28.2 Å². The average Bonchev–Trinajstić information content (AvgIpc) is 2.78. The molecule has 4 N–H and O–H groups in total. The molecule has 174 valence electrons. The first-order chi connectivity index (χ1) is 16.2. The highest BCUT2D eigenvalue weighted by Gasteiger charge is 2.20. The topological polar surface area (TPSA) is 143 Å². The second-order valence-corrected chi connectivity index (χ2v) is 8.95. The SMILES string of the molecule is COc1cc(O)cc(Nc2nc3ccccc3nc2NS(=O)(=O)c2cccc(NC(C)=O)c2)c1. The highest BCUT2D eigenvalue weighted by molar-refractivity contribution is 7.92. The number of aromatic hydroxyl groups is 1. The maximum atomic E-state index is 13.2. The molecule has 0 aliphatic carbocycles. The number of phenolic OH excluding ortho intramolecular Hbond substituents is 1. The Bertz CT molecular complexity index is 1490. The number of rotatable bonds is 7. The number of anilines is 4. The standard InChI is InChI=1S/C23H21N5O5S/c1-14(29)24-15-6-5-7-19(12-15)34(31,32)28-23-22(26-20-8-3-4-9-21(20)27-23)25-16-10-17(30)13-18(11-16)33-2/h3-13,30H,1-2H3,(H,24,29)(H,25,26)(H,27,28). The Morgan fingerprint density at radius 2 is 1.62 bits per heavy atom. The van der Waals surface area contributed by atoms with Crippen LogP contribution >= 0.6 is 0 Å². The van der Waals surface area contributed by atoms with Crippen LogP contribution in [0, 0.1) is 0 Å². The smallest absolute Gasteiger partial charge is 0.263 e. The summed E-state index contributed by atoms with van der Waals surface area (Å²) in [5, 5.41) is 15.5. The van der Waals surface area contributed by atoms with Crippen LogP contribution in [0.2, 0.25) is 0 Å². The summed E-state index contributed by atoms with van der Waals surface area (Å²) in [4.78, 5) is 20.2. The van der Waals surface area contributed by atoms with Crippen LogP contribution in [0.3, 0.4) is 0 Å². The van der Waals surface area contributed by atoms with Crippen molar-refractivity contribution in [3.05, 3.63) is 66.7 Å². The molecule has 11 heteroatoms. The molecule has 0 fully saturated rings. The molecule has 0 radical (unpaired) electrons. The summed E-state index contributed by atoms with van der Waals surface area (Å²) in [6, 6.07) is 17.3. The zero-order chi connectivity index (χ0) is 24.3. The molecule has 1 heterocycles. The fourth-order valence-corrected chi connectivity index (χ4v) is 4.25. The molecule has 10 nitrogen and oxygen atoms in total. The van der Waals surface area contributed by atoms with Gasteiger partial charge in [-0.05, 0) is 30.3 Å². The fraction of sp³-hybridized carbons (Fsp3) is 0.0870. The monoisotopic (exact) mass is 479 g/mol. The molecule has 34 heavy (non-hydrogen) atoms. The number of sulfonamides is 1. The normalized spacial score (nSPS) is 11.1. The number of methoxy groups -OCH3 is 1. The van der Waals surface area contributed by atoms with E-state index < -0.39 is 10.0 Å². The molecule has 4 rings (SSSR count). The number of aromatic nitrogens is 2. The number of hydrogen-bond acceptors (Lipinski definition) is 8. The van der Waals surface area contributed by atoms with Crippen molar-refractivity contribution in [2.45, 2.75) is 11.8 Å². The largest absolute Gasteiger partial charge is 0.508 e.